The van der Waals surface area contributed by atoms with Crippen LogP contribution in [0, 0.1) is 11.8 Å². The summed E-state index contributed by atoms with van der Waals surface area (Å²) in [5, 5.41) is 14.4. The highest BCUT2D eigenvalue weighted by atomic mass is 16.5. The third-order valence-electron chi connectivity index (χ3n) is 2.48. The number of methoxy groups -OCH3 is 1. The number of nitrogens with zero attached hydrogens (tertiary/aromatic N) is 1. The SMILES string of the molecule is COC(=O)[C@H](CC(C)C)NC(=O)/C(CC(C)C)=N\O. The van der Waals surface area contributed by atoms with Gasteiger partial charge in [-0.2, -0.15) is 0 Å². The van der Waals surface area contributed by atoms with Crippen LogP contribution in [-0.4, -0.2) is 35.9 Å². The van der Waals surface area contributed by atoms with Crippen molar-refractivity contribution in [3.8, 4) is 0 Å². The van der Waals surface area contributed by atoms with Crippen LogP contribution in [0.4, 0.5) is 0 Å². The number of hydrogen-bond donors (Lipinski definition) is 2. The van der Waals surface area contributed by atoms with E-state index in [-0.39, 0.29) is 17.5 Å². The predicted molar refractivity (Wildman–Crippen MR) is 72.1 cm³/mol. The van der Waals surface area contributed by atoms with E-state index < -0.39 is 17.9 Å². The van der Waals surface area contributed by atoms with Gasteiger partial charge in [-0.15, -0.1) is 0 Å². The lowest BCUT2D eigenvalue weighted by Crippen LogP contribution is -2.45. The summed E-state index contributed by atoms with van der Waals surface area (Å²) in [6.07, 6.45) is 0.816. The van der Waals surface area contributed by atoms with Gasteiger partial charge in [0.2, 0.25) is 0 Å². The van der Waals surface area contributed by atoms with Gasteiger partial charge in [0.05, 0.1) is 7.11 Å². The first-order valence-corrected chi connectivity index (χ1v) is 6.41. The summed E-state index contributed by atoms with van der Waals surface area (Å²) in [6.45, 7) is 7.70. The van der Waals surface area contributed by atoms with Gasteiger partial charge in [-0.1, -0.05) is 32.9 Å². The monoisotopic (exact) mass is 272 g/mol. The van der Waals surface area contributed by atoms with Crippen molar-refractivity contribution in [1.29, 1.82) is 0 Å². The molecule has 0 saturated heterocycles. The molecule has 0 aromatic rings. The Morgan fingerprint density at radius 1 is 1.21 bits per heavy atom. The Kier molecular flexibility index (Phi) is 7.79. The molecule has 0 aromatic heterocycles. The summed E-state index contributed by atoms with van der Waals surface area (Å²) in [6, 6.07) is -0.721. The molecule has 0 aliphatic heterocycles. The molecule has 2 N–H and O–H groups in total. The van der Waals surface area contributed by atoms with Crippen molar-refractivity contribution >= 4 is 17.6 Å². The molecule has 0 aliphatic carbocycles. The minimum Gasteiger partial charge on any atom is -0.467 e. The second kappa shape index (κ2) is 8.50. The van der Waals surface area contributed by atoms with Crippen LogP contribution in [0.3, 0.4) is 0 Å². The second-order valence-electron chi connectivity index (χ2n) is 5.32. The van der Waals surface area contributed by atoms with Crippen molar-refractivity contribution in [2.75, 3.05) is 7.11 Å². The van der Waals surface area contributed by atoms with Gasteiger partial charge >= 0.3 is 5.97 Å². The van der Waals surface area contributed by atoms with Crippen molar-refractivity contribution < 1.29 is 19.5 Å². The topological polar surface area (TPSA) is 88.0 Å². The highest BCUT2D eigenvalue weighted by Gasteiger charge is 2.25. The van der Waals surface area contributed by atoms with Crippen LogP contribution in [0.1, 0.15) is 40.5 Å². The largest absolute Gasteiger partial charge is 0.467 e. The minimum absolute atomic E-state index is 0.0210. The average Bonchev–Trinajstić information content (AvgIpc) is 2.33. The van der Waals surface area contributed by atoms with Gasteiger partial charge in [0.15, 0.2) is 0 Å². The van der Waals surface area contributed by atoms with Crippen molar-refractivity contribution in [3.63, 3.8) is 0 Å². The lowest BCUT2D eigenvalue weighted by Gasteiger charge is -2.18. The molecule has 0 bridgehead atoms. The Morgan fingerprint density at radius 3 is 2.16 bits per heavy atom. The summed E-state index contributed by atoms with van der Waals surface area (Å²) >= 11 is 0. The van der Waals surface area contributed by atoms with Gasteiger partial charge in [0.1, 0.15) is 11.8 Å². The molecule has 1 atom stereocenters. The maximum Gasteiger partial charge on any atom is 0.328 e. The first-order chi connectivity index (χ1) is 8.81. The molecular weight excluding hydrogens is 248 g/mol. The molecule has 0 fully saturated rings. The average molecular weight is 272 g/mol. The van der Waals surface area contributed by atoms with Crippen LogP contribution in [0.25, 0.3) is 0 Å². The number of hydrogen-bond acceptors (Lipinski definition) is 5. The van der Waals surface area contributed by atoms with E-state index in [4.69, 9.17) is 5.21 Å². The van der Waals surface area contributed by atoms with E-state index in [1.165, 1.54) is 7.11 Å². The molecule has 0 aromatic carbocycles. The van der Waals surface area contributed by atoms with Crippen LogP contribution < -0.4 is 5.32 Å². The van der Waals surface area contributed by atoms with E-state index in [1.807, 2.05) is 27.7 Å². The number of ether oxygens (including phenoxy) is 1. The molecule has 19 heavy (non-hydrogen) atoms. The van der Waals surface area contributed by atoms with E-state index in [1.54, 1.807) is 0 Å². The first kappa shape index (κ1) is 17.4. The Bertz CT molecular complexity index is 338. The van der Waals surface area contributed by atoms with Crippen molar-refractivity contribution in [2.45, 2.75) is 46.6 Å². The fourth-order valence-electron chi connectivity index (χ4n) is 1.63. The lowest BCUT2D eigenvalue weighted by molar-refractivity contribution is -0.144. The minimum atomic E-state index is -0.721. The van der Waals surface area contributed by atoms with Crippen LogP contribution in [-0.2, 0) is 14.3 Å². The number of carbonyl (C=O) groups is 2. The van der Waals surface area contributed by atoms with Gasteiger partial charge in [-0.25, -0.2) is 4.79 Å². The highest BCUT2D eigenvalue weighted by molar-refractivity contribution is 6.39. The lowest BCUT2D eigenvalue weighted by atomic mass is 10.0. The van der Waals surface area contributed by atoms with Crippen LogP contribution in [0.15, 0.2) is 5.16 Å². The van der Waals surface area contributed by atoms with Crippen molar-refractivity contribution in [2.24, 2.45) is 17.0 Å². The summed E-state index contributed by atoms with van der Waals surface area (Å²) in [5.41, 5.74) is 0.0210. The normalized spacial score (nSPS) is 13.5. The highest BCUT2D eigenvalue weighted by Crippen LogP contribution is 2.08. The van der Waals surface area contributed by atoms with Gasteiger partial charge in [-0.3, -0.25) is 4.79 Å². The molecular formula is C13H24N2O4. The smallest absolute Gasteiger partial charge is 0.328 e. The molecule has 0 spiro atoms. The fourth-order valence-corrected chi connectivity index (χ4v) is 1.63. The van der Waals surface area contributed by atoms with Crippen LogP contribution >= 0.6 is 0 Å². The number of rotatable bonds is 7. The molecule has 6 nitrogen and oxygen atoms in total. The zero-order chi connectivity index (χ0) is 15.0. The van der Waals surface area contributed by atoms with Gasteiger partial charge in [0, 0.05) is 6.42 Å². The molecule has 6 heteroatoms. The molecule has 0 unspecified atom stereocenters. The van der Waals surface area contributed by atoms with Crippen LogP contribution in [0.5, 0.6) is 0 Å². The van der Waals surface area contributed by atoms with E-state index in [9.17, 15) is 9.59 Å². The molecule has 0 rings (SSSR count). The first-order valence-electron chi connectivity index (χ1n) is 6.41. The quantitative estimate of drug-likeness (QED) is 0.319. The fraction of sp³-hybridized carbons (Fsp3) is 0.769. The van der Waals surface area contributed by atoms with E-state index >= 15 is 0 Å². The van der Waals surface area contributed by atoms with E-state index in [0.29, 0.717) is 12.8 Å². The summed E-state index contributed by atoms with van der Waals surface area (Å²) in [5.74, 6) is -0.626. The summed E-state index contributed by atoms with van der Waals surface area (Å²) < 4.78 is 4.65. The number of esters is 1. The van der Waals surface area contributed by atoms with E-state index in [2.05, 4.69) is 15.2 Å². The molecule has 0 heterocycles. The predicted octanol–water partition coefficient (Wildman–Crippen LogP) is 1.57. The van der Waals surface area contributed by atoms with Gasteiger partial charge < -0.3 is 15.3 Å². The number of amides is 1. The Morgan fingerprint density at radius 2 is 1.79 bits per heavy atom. The van der Waals surface area contributed by atoms with Crippen molar-refractivity contribution in [1.82, 2.24) is 5.32 Å². The van der Waals surface area contributed by atoms with Gasteiger partial charge in [0.25, 0.3) is 5.91 Å². The van der Waals surface area contributed by atoms with Gasteiger partial charge in [-0.05, 0) is 18.3 Å². The van der Waals surface area contributed by atoms with Crippen molar-refractivity contribution in [3.05, 3.63) is 0 Å². The number of carbonyl (C=O) groups excluding carboxylic acids is 2. The second-order valence-corrected chi connectivity index (χ2v) is 5.32. The summed E-state index contributed by atoms with van der Waals surface area (Å²) in [4.78, 5) is 23.5. The number of oxime groups is 1. The Balaban J connectivity index is 4.73. The molecule has 0 radical (unpaired) electrons. The third kappa shape index (κ3) is 6.79. The van der Waals surface area contributed by atoms with Crippen LogP contribution in [0.2, 0.25) is 0 Å². The molecule has 1 amide bonds. The Labute approximate surface area is 114 Å². The summed E-state index contributed by atoms with van der Waals surface area (Å²) in [7, 11) is 1.27. The maximum atomic E-state index is 11.9. The molecule has 0 saturated carbocycles. The Hall–Kier alpha value is -1.59. The third-order valence-corrected chi connectivity index (χ3v) is 2.48. The van der Waals surface area contributed by atoms with E-state index in [0.717, 1.165) is 0 Å². The molecule has 110 valence electrons. The number of nitrogens with one attached hydrogen (secondary N) is 1. The zero-order valence-corrected chi connectivity index (χ0v) is 12.3. The standard InChI is InChI=1S/C13H24N2O4/c1-8(2)6-10(15-18)12(16)14-11(7-9(3)4)13(17)19-5/h8-9,11,18H,6-7H2,1-5H3,(H,14,16)/b15-10-/t11-/m0/s1. The maximum absolute atomic E-state index is 11.9. The zero-order valence-electron chi connectivity index (χ0n) is 12.3. The molecule has 0 aliphatic rings.